The fraction of sp³-hybridized carbons (Fsp3) is 0.375. The fourth-order valence-corrected chi connectivity index (χ4v) is 3.69. The molecule has 27 heavy (non-hydrogen) atoms. The van der Waals surface area contributed by atoms with Crippen LogP contribution in [0.25, 0.3) is 6.08 Å². The summed E-state index contributed by atoms with van der Waals surface area (Å²) < 4.78 is 5.31. The van der Waals surface area contributed by atoms with Gasteiger partial charge in [-0.2, -0.15) is 0 Å². The lowest BCUT2D eigenvalue weighted by molar-refractivity contribution is -0.128. The van der Waals surface area contributed by atoms with Gasteiger partial charge in [-0.1, -0.05) is 58.0 Å². The minimum absolute atomic E-state index is 0.0282. The van der Waals surface area contributed by atoms with Crippen molar-refractivity contribution in [1.29, 1.82) is 0 Å². The van der Waals surface area contributed by atoms with Crippen LogP contribution in [-0.4, -0.2) is 11.1 Å². The Bertz CT molecular complexity index is 858. The molecule has 0 radical (unpaired) electrons. The van der Waals surface area contributed by atoms with Crippen LogP contribution in [0.2, 0.25) is 0 Å². The van der Waals surface area contributed by atoms with Gasteiger partial charge in [-0.05, 0) is 64.1 Å². The van der Waals surface area contributed by atoms with Crippen LogP contribution in [0.1, 0.15) is 62.8 Å². The number of hydrogen-bond donors (Lipinski definition) is 1. The zero-order valence-electron chi connectivity index (χ0n) is 16.6. The quantitative estimate of drug-likeness (QED) is 0.464. The topological polar surface area (TPSA) is 46.5 Å². The molecule has 3 heteroatoms. The van der Waals surface area contributed by atoms with Gasteiger partial charge in [-0.15, -0.1) is 0 Å². The second-order valence-corrected chi connectivity index (χ2v) is 8.63. The van der Waals surface area contributed by atoms with Crippen LogP contribution < -0.4 is 4.74 Å². The van der Waals surface area contributed by atoms with E-state index in [2.05, 4.69) is 45.9 Å². The van der Waals surface area contributed by atoms with Crippen LogP contribution in [0.15, 0.2) is 48.5 Å². The van der Waals surface area contributed by atoms with Gasteiger partial charge in [0, 0.05) is 6.08 Å². The summed E-state index contributed by atoms with van der Waals surface area (Å²) in [5.74, 6) is 0.0548. The SMILES string of the molecule is CC1(C)CCC(C)(C)c2cc(/C=C/C(=O)Oc3ccc(CO)cc3)ccc21. The smallest absolute Gasteiger partial charge is 0.336 e. The molecule has 0 amide bonds. The predicted molar refractivity (Wildman–Crippen MR) is 109 cm³/mol. The molecule has 0 fully saturated rings. The first-order valence-corrected chi connectivity index (χ1v) is 9.46. The first-order valence-electron chi connectivity index (χ1n) is 9.46. The number of fused-ring (bicyclic) bond motifs is 1. The van der Waals surface area contributed by atoms with Crippen LogP contribution in [0, 0.1) is 0 Å². The van der Waals surface area contributed by atoms with Crippen molar-refractivity contribution in [2.75, 3.05) is 0 Å². The molecule has 0 unspecified atom stereocenters. The van der Waals surface area contributed by atoms with Crippen molar-refractivity contribution in [3.8, 4) is 5.75 Å². The predicted octanol–water partition coefficient (Wildman–Crippen LogP) is 5.15. The molecule has 0 saturated heterocycles. The lowest BCUT2D eigenvalue weighted by Gasteiger charge is -2.42. The molecular formula is C24H28O3. The number of benzene rings is 2. The average Bonchev–Trinajstić information content (AvgIpc) is 2.64. The Morgan fingerprint density at radius 2 is 1.63 bits per heavy atom. The maximum Gasteiger partial charge on any atom is 0.336 e. The molecule has 0 saturated carbocycles. The Labute approximate surface area is 161 Å². The van der Waals surface area contributed by atoms with E-state index in [1.807, 2.05) is 6.08 Å². The van der Waals surface area contributed by atoms with Crippen LogP contribution in [0.3, 0.4) is 0 Å². The van der Waals surface area contributed by atoms with Gasteiger partial charge in [0.1, 0.15) is 5.75 Å². The maximum absolute atomic E-state index is 12.1. The molecule has 2 aromatic carbocycles. The van der Waals surface area contributed by atoms with Crippen molar-refractivity contribution >= 4 is 12.0 Å². The molecule has 0 atom stereocenters. The summed E-state index contributed by atoms with van der Waals surface area (Å²) >= 11 is 0. The minimum Gasteiger partial charge on any atom is -0.423 e. The number of hydrogen-bond acceptors (Lipinski definition) is 3. The number of rotatable bonds is 4. The average molecular weight is 364 g/mol. The highest BCUT2D eigenvalue weighted by atomic mass is 16.5. The van der Waals surface area contributed by atoms with E-state index >= 15 is 0 Å². The van der Waals surface area contributed by atoms with Crippen LogP contribution in [0.4, 0.5) is 0 Å². The standard InChI is InChI=1S/C24H28O3/c1-23(2)13-14-24(3,4)21-15-17(7-11-20(21)23)8-12-22(26)27-19-9-5-18(16-25)6-10-19/h5-12,15,25H,13-14,16H2,1-4H3/b12-8+. The lowest BCUT2D eigenvalue weighted by atomic mass is 9.63. The van der Waals surface area contributed by atoms with E-state index in [9.17, 15) is 4.79 Å². The van der Waals surface area contributed by atoms with E-state index in [-0.39, 0.29) is 17.4 Å². The van der Waals surface area contributed by atoms with Crippen molar-refractivity contribution < 1.29 is 14.6 Å². The van der Waals surface area contributed by atoms with E-state index in [4.69, 9.17) is 9.84 Å². The molecule has 0 aromatic heterocycles. The van der Waals surface area contributed by atoms with Crippen LogP contribution >= 0.6 is 0 Å². The zero-order valence-corrected chi connectivity index (χ0v) is 16.6. The number of carbonyl (C=O) groups is 1. The number of carbonyl (C=O) groups excluding carboxylic acids is 1. The van der Waals surface area contributed by atoms with E-state index in [0.717, 1.165) is 17.5 Å². The highest BCUT2D eigenvalue weighted by Crippen LogP contribution is 2.45. The summed E-state index contributed by atoms with van der Waals surface area (Å²) in [6.45, 7) is 9.16. The molecule has 1 aliphatic carbocycles. The fourth-order valence-electron chi connectivity index (χ4n) is 3.69. The lowest BCUT2D eigenvalue weighted by Crippen LogP contribution is -2.33. The second-order valence-electron chi connectivity index (χ2n) is 8.63. The Kier molecular flexibility index (Phi) is 5.25. The molecule has 142 valence electrons. The van der Waals surface area contributed by atoms with E-state index in [0.29, 0.717) is 5.75 Å². The van der Waals surface area contributed by atoms with E-state index in [1.54, 1.807) is 24.3 Å². The molecule has 1 aliphatic rings. The summed E-state index contributed by atoms with van der Waals surface area (Å²) in [5, 5.41) is 9.06. The number of aliphatic hydroxyl groups is 1. The van der Waals surface area contributed by atoms with Gasteiger partial charge < -0.3 is 9.84 Å². The maximum atomic E-state index is 12.1. The molecule has 0 heterocycles. The molecular weight excluding hydrogens is 336 g/mol. The van der Waals surface area contributed by atoms with Crippen molar-refractivity contribution in [1.82, 2.24) is 0 Å². The van der Waals surface area contributed by atoms with Gasteiger partial charge in [-0.25, -0.2) is 4.79 Å². The molecule has 0 aliphatic heterocycles. The summed E-state index contributed by atoms with van der Waals surface area (Å²) in [7, 11) is 0. The van der Waals surface area contributed by atoms with Gasteiger partial charge >= 0.3 is 5.97 Å². The summed E-state index contributed by atoms with van der Waals surface area (Å²) in [6.07, 6.45) is 5.61. The van der Waals surface area contributed by atoms with Crippen LogP contribution in [0.5, 0.6) is 5.75 Å². The van der Waals surface area contributed by atoms with Crippen LogP contribution in [-0.2, 0) is 22.2 Å². The van der Waals surface area contributed by atoms with Gasteiger partial charge in [0.25, 0.3) is 0 Å². The summed E-state index contributed by atoms with van der Waals surface area (Å²) in [5.41, 5.74) is 4.89. The molecule has 0 spiro atoms. The summed E-state index contributed by atoms with van der Waals surface area (Å²) in [6, 6.07) is 13.3. The first-order chi connectivity index (χ1) is 12.7. The molecule has 3 rings (SSSR count). The van der Waals surface area contributed by atoms with E-state index in [1.165, 1.54) is 23.6 Å². The normalized spacial score (nSPS) is 17.5. The Hall–Kier alpha value is -2.39. The molecule has 2 aromatic rings. The van der Waals surface area contributed by atoms with Gasteiger partial charge in [0.15, 0.2) is 0 Å². The Morgan fingerprint density at radius 1 is 1.00 bits per heavy atom. The third kappa shape index (κ3) is 4.30. The van der Waals surface area contributed by atoms with Crippen molar-refractivity contribution in [3.63, 3.8) is 0 Å². The minimum atomic E-state index is -0.413. The second kappa shape index (κ2) is 7.32. The summed E-state index contributed by atoms with van der Waals surface area (Å²) in [4.78, 5) is 12.1. The number of aliphatic hydroxyl groups excluding tert-OH is 1. The monoisotopic (exact) mass is 364 g/mol. The molecule has 3 nitrogen and oxygen atoms in total. The third-order valence-corrected chi connectivity index (χ3v) is 5.61. The largest absolute Gasteiger partial charge is 0.423 e. The highest BCUT2D eigenvalue weighted by Gasteiger charge is 2.36. The zero-order chi connectivity index (χ0) is 19.7. The third-order valence-electron chi connectivity index (χ3n) is 5.61. The molecule has 0 bridgehead atoms. The first kappa shape index (κ1) is 19.4. The van der Waals surface area contributed by atoms with Gasteiger partial charge in [0.2, 0.25) is 0 Å². The van der Waals surface area contributed by atoms with Crippen molar-refractivity contribution in [2.45, 2.75) is 58.0 Å². The van der Waals surface area contributed by atoms with Crippen molar-refractivity contribution in [3.05, 3.63) is 70.8 Å². The number of esters is 1. The Morgan fingerprint density at radius 3 is 2.26 bits per heavy atom. The van der Waals surface area contributed by atoms with E-state index < -0.39 is 5.97 Å². The van der Waals surface area contributed by atoms with Gasteiger partial charge in [-0.3, -0.25) is 0 Å². The number of ether oxygens (including phenoxy) is 1. The molecule has 1 N–H and O–H groups in total. The van der Waals surface area contributed by atoms with Gasteiger partial charge in [0.05, 0.1) is 6.61 Å². The Balaban J connectivity index is 1.76. The highest BCUT2D eigenvalue weighted by molar-refractivity contribution is 5.88. The van der Waals surface area contributed by atoms with Crippen molar-refractivity contribution in [2.24, 2.45) is 0 Å².